The molecule has 0 N–H and O–H groups in total. The lowest BCUT2D eigenvalue weighted by Gasteiger charge is -2.26. The predicted molar refractivity (Wildman–Crippen MR) is 266 cm³/mol. The number of anilines is 3. The number of fused-ring (bicyclic) bond motifs is 6. The van der Waals surface area contributed by atoms with Gasteiger partial charge in [-0.15, -0.1) is 0 Å². The molecule has 2 heterocycles. The average Bonchev–Trinajstić information content (AvgIpc) is 3.88. The first-order valence-electron chi connectivity index (χ1n) is 21.6. The van der Waals surface area contributed by atoms with Crippen LogP contribution >= 0.6 is 0 Å². The van der Waals surface area contributed by atoms with E-state index >= 15 is 0 Å². The summed E-state index contributed by atoms with van der Waals surface area (Å²) >= 11 is 0. The molecule has 12 aromatic rings. The van der Waals surface area contributed by atoms with Crippen molar-refractivity contribution in [3.63, 3.8) is 0 Å². The van der Waals surface area contributed by atoms with Crippen molar-refractivity contribution in [2.24, 2.45) is 0 Å². The SMILES string of the molecule is c1ccc(-c2cccc(-c3ccc4c(c3)c3cc(-c5ccc(N(c6ccccc6)c6ccc(-n7c8ccccc8c8ccccc87)cc6)cc5)ccc3n4-c3ccccc3)c2)cc1. The van der Waals surface area contributed by atoms with Crippen molar-refractivity contribution in [3.05, 3.63) is 249 Å². The van der Waals surface area contributed by atoms with Gasteiger partial charge in [-0.3, -0.25) is 0 Å². The van der Waals surface area contributed by atoms with Gasteiger partial charge in [0.1, 0.15) is 0 Å². The summed E-state index contributed by atoms with van der Waals surface area (Å²) in [5.74, 6) is 0. The van der Waals surface area contributed by atoms with E-state index in [1.807, 2.05) is 0 Å². The largest absolute Gasteiger partial charge is 0.311 e. The fraction of sp³-hybridized carbons (Fsp3) is 0. The first-order chi connectivity index (χ1) is 31.2. The summed E-state index contributed by atoms with van der Waals surface area (Å²) in [6.07, 6.45) is 0. The third kappa shape index (κ3) is 6.38. The molecule has 10 aromatic carbocycles. The third-order valence-corrected chi connectivity index (χ3v) is 12.5. The van der Waals surface area contributed by atoms with Gasteiger partial charge in [0, 0.05) is 50.0 Å². The maximum Gasteiger partial charge on any atom is 0.0541 e. The Balaban J connectivity index is 0.931. The van der Waals surface area contributed by atoms with Crippen LogP contribution in [-0.4, -0.2) is 9.13 Å². The van der Waals surface area contributed by atoms with Gasteiger partial charge in [-0.1, -0.05) is 146 Å². The smallest absolute Gasteiger partial charge is 0.0541 e. The molecule has 0 aliphatic carbocycles. The van der Waals surface area contributed by atoms with Crippen molar-refractivity contribution in [3.8, 4) is 44.8 Å². The Morgan fingerprint density at radius 1 is 0.222 bits per heavy atom. The second-order valence-corrected chi connectivity index (χ2v) is 16.2. The lowest BCUT2D eigenvalue weighted by Crippen LogP contribution is -2.10. The third-order valence-electron chi connectivity index (χ3n) is 12.5. The molecule has 0 atom stereocenters. The van der Waals surface area contributed by atoms with E-state index in [9.17, 15) is 0 Å². The highest BCUT2D eigenvalue weighted by atomic mass is 15.1. The van der Waals surface area contributed by atoms with Crippen LogP contribution in [-0.2, 0) is 0 Å². The molecular formula is C60H41N3. The Kier molecular flexibility index (Phi) is 8.83. The van der Waals surface area contributed by atoms with Gasteiger partial charge in [0.05, 0.1) is 22.1 Å². The van der Waals surface area contributed by atoms with Gasteiger partial charge in [-0.05, 0) is 137 Å². The molecule has 0 fully saturated rings. The zero-order valence-electron chi connectivity index (χ0n) is 34.5. The number of hydrogen-bond donors (Lipinski definition) is 0. The quantitative estimate of drug-likeness (QED) is 0.149. The van der Waals surface area contributed by atoms with E-state index < -0.39 is 0 Å². The van der Waals surface area contributed by atoms with Gasteiger partial charge in [0.2, 0.25) is 0 Å². The predicted octanol–water partition coefficient (Wildman–Crippen LogP) is 16.4. The number of hydrogen-bond acceptors (Lipinski definition) is 1. The highest BCUT2D eigenvalue weighted by Crippen LogP contribution is 2.40. The van der Waals surface area contributed by atoms with Gasteiger partial charge >= 0.3 is 0 Å². The molecule has 2 aromatic heterocycles. The van der Waals surface area contributed by atoms with E-state index in [0.717, 1.165) is 28.4 Å². The van der Waals surface area contributed by atoms with Gasteiger partial charge in [0.25, 0.3) is 0 Å². The zero-order valence-corrected chi connectivity index (χ0v) is 34.5. The molecule has 12 rings (SSSR count). The number of nitrogens with zero attached hydrogens (tertiary/aromatic N) is 3. The van der Waals surface area contributed by atoms with Crippen molar-refractivity contribution < 1.29 is 0 Å². The second-order valence-electron chi connectivity index (χ2n) is 16.2. The molecular weight excluding hydrogens is 763 g/mol. The summed E-state index contributed by atoms with van der Waals surface area (Å²) in [5, 5.41) is 4.98. The first-order valence-corrected chi connectivity index (χ1v) is 21.6. The minimum absolute atomic E-state index is 1.10. The van der Waals surface area contributed by atoms with E-state index in [0.29, 0.717) is 0 Å². The Morgan fingerprint density at radius 3 is 1.17 bits per heavy atom. The molecule has 63 heavy (non-hydrogen) atoms. The molecule has 0 saturated heterocycles. The van der Waals surface area contributed by atoms with E-state index in [2.05, 4.69) is 263 Å². The maximum absolute atomic E-state index is 2.39. The Morgan fingerprint density at radius 2 is 0.587 bits per heavy atom. The van der Waals surface area contributed by atoms with Crippen LogP contribution in [0.3, 0.4) is 0 Å². The fourth-order valence-corrected chi connectivity index (χ4v) is 9.53. The van der Waals surface area contributed by atoms with Crippen molar-refractivity contribution in [1.82, 2.24) is 9.13 Å². The molecule has 0 bridgehead atoms. The molecule has 0 saturated carbocycles. The number of rotatable bonds is 8. The normalized spacial score (nSPS) is 11.5. The summed E-state index contributed by atoms with van der Waals surface area (Å²) < 4.78 is 4.76. The lowest BCUT2D eigenvalue weighted by atomic mass is 9.97. The molecule has 0 spiro atoms. The molecule has 0 amide bonds. The minimum atomic E-state index is 1.10. The van der Waals surface area contributed by atoms with Crippen LogP contribution < -0.4 is 4.90 Å². The highest BCUT2D eigenvalue weighted by molar-refractivity contribution is 6.12. The molecule has 0 aliphatic heterocycles. The van der Waals surface area contributed by atoms with Crippen molar-refractivity contribution >= 4 is 60.7 Å². The fourth-order valence-electron chi connectivity index (χ4n) is 9.53. The minimum Gasteiger partial charge on any atom is -0.311 e. The van der Waals surface area contributed by atoms with Gasteiger partial charge < -0.3 is 14.0 Å². The summed E-state index contributed by atoms with van der Waals surface area (Å²) in [5.41, 5.74) is 17.6. The standard InChI is InChI=1S/C60H41N3/c1-4-15-42(16-5-1)44-17-14-18-45(39-44)47-30-38-60-56(41-47)55-40-46(29-37-59(55)62(60)49-21-8-3-9-22-49)43-27-31-50(32-28-43)61(48-19-6-2-7-20-48)51-33-35-52(36-34-51)63-57-25-12-10-23-53(57)54-24-11-13-26-58(54)63/h1-41H. The van der Waals surface area contributed by atoms with Crippen LogP contribution in [0.5, 0.6) is 0 Å². The zero-order chi connectivity index (χ0) is 41.7. The molecule has 3 heteroatoms. The van der Waals surface area contributed by atoms with Crippen molar-refractivity contribution in [1.29, 1.82) is 0 Å². The molecule has 0 aliphatic rings. The molecule has 0 radical (unpaired) electrons. The van der Waals surface area contributed by atoms with E-state index in [-0.39, 0.29) is 0 Å². The van der Waals surface area contributed by atoms with Gasteiger partial charge in [-0.2, -0.15) is 0 Å². The number of aromatic nitrogens is 2. The summed E-state index contributed by atoms with van der Waals surface area (Å²) in [4.78, 5) is 2.34. The van der Waals surface area contributed by atoms with Crippen LogP contribution in [0.15, 0.2) is 249 Å². The molecule has 0 unspecified atom stereocenters. The Bertz CT molecular complexity index is 3530. The van der Waals surface area contributed by atoms with Gasteiger partial charge in [0.15, 0.2) is 0 Å². The summed E-state index contributed by atoms with van der Waals surface area (Å²) in [6.45, 7) is 0. The number of para-hydroxylation sites is 4. The van der Waals surface area contributed by atoms with E-state index in [4.69, 9.17) is 0 Å². The summed E-state index contributed by atoms with van der Waals surface area (Å²) in [6, 6.07) is 90.0. The van der Waals surface area contributed by atoms with E-state index in [1.165, 1.54) is 77.0 Å². The van der Waals surface area contributed by atoms with Crippen LogP contribution in [0, 0.1) is 0 Å². The topological polar surface area (TPSA) is 13.1 Å². The maximum atomic E-state index is 2.39. The Labute approximate surface area is 366 Å². The molecule has 296 valence electrons. The van der Waals surface area contributed by atoms with Gasteiger partial charge in [-0.25, -0.2) is 0 Å². The highest BCUT2D eigenvalue weighted by Gasteiger charge is 2.18. The van der Waals surface area contributed by atoms with Crippen LogP contribution in [0.2, 0.25) is 0 Å². The Hall–Kier alpha value is -8.40. The lowest BCUT2D eigenvalue weighted by molar-refractivity contribution is 1.17. The van der Waals surface area contributed by atoms with Crippen molar-refractivity contribution in [2.75, 3.05) is 4.90 Å². The van der Waals surface area contributed by atoms with Crippen LogP contribution in [0.1, 0.15) is 0 Å². The van der Waals surface area contributed by atoms with E-state index in [1.54, 1.807) is 0 Å². The molecule has 3 nitrogen and oxygen atoms in total. The first kappa shape index (κ1) is 36.5. The summed E-state index contributed by atoms with van der Waals surface area (Å²) in [7, 11) is 0. The van der Waals surface area contributed by atoms with Crippen molar-refractivity contribution in [2.45, 2.75) is 0 Å². The monoisotopic (exact) mass is 803 g/mol. The van der Waals surface area contributed by atoms with Crippen LogP contribution in [0.25, 0.3) is 88.4 Å². The number of benzene rings is 10. The van der Waals surface area contributed by atoms with Crippen LogP contribution in [0.4, 0.5) is 17.1 Å². The average molecular weight is 804 g/mol. The second kappa shape index (κ2) is 15.3.